The number of nitrogens with zero attached hydrogens (tertiary/aromatic N) is 4. The molecule has 0 bridgehead atoms. The normalized spacial score (nSPS) is 10.9. The zero-order valence-corrected chi connectivity index (χ0v) is 11.2. The first-order chi connectivity index (χ1) is 9.65. The second kappa shape index (κ2) is 4.76. The van der Waals surface area contributed by atoms with Gasteiger partial charge in [0, 0.05) is 25.0 Å². The van der Waals surface area contributed by atoms with E-state index in [1.807, 2.05) is 19.2 Å². The molecule has 7 heteroatoms. The van der Waals surface area contributed by atoms with E-state index < -0.39 is 0 Å². The molecule has 0 saturated carbocycles. The fraction of sp³-hybridized carbons (Fsp3) is 0.231. The van der Waals surface area contributed by atoms with Crippen molar-refractivity contribution < 1.29 is 0 Å². The van der Waals surface area contributed by atoms with Gasteiger partial charge in [0.15, 0.2) is 5.65 Å². The lowest BCUT2D eigenvalue weighted by Gasteiger charge is -2.08. The van der Waals surface area contributed by atoms with E-state index in [0.717, 1.165) is 11.1 Å². The summed E-state index contributed by atoms with van der Waals surface area (Å²) < 4.78 is 1.43. The molecule has 3 aromatic rings. The first-order valence-electron chi connectivity index (χ1n) is 6.23. The third-order valence-corrected chi connectivity index (χ3v) is 3.17. The maximum absolute atomic E-state index is 11.5. The van der Waals surface area contributed by atoms with Crippen LogP contribution in [-0.4, -0.2) is 24.6 Å². The Kier molecular flexibility index (Phi) is 2.94. The van der Waals surface area contributed by atoms with E-state index in [0.29, 0.717) is 23.8 Å². The van der Waals surface area contributed by atoms with Crippen LogP contribution in [0.2, 0.25) is 0 Å². The number of H-pyrrole nitrogens is 1. The molecule has 0 aliphatic carbocycles. The van der Waals surface area contributed by atoms with Crippen LogP contribution in [0.3, 0.4) is 0 Å². The molecule has 20 heavy (non-hydrogen) atoms. The molecule has 0 unspecified atom stereocenters. The van der Waals surface area contributed by atoms with Gasteiger partial charge in [-0.25, -0.2) is 19.3 Å². The van der Waals surface area contributed by atoms with Crippen LogP contribution >= 0.6 is 0 Å². The lowest BCUT2D eigenvalue weighted by molar-refractivity contribution is 0.930. The predicted molar refractivity (Wildman–Crippen MR) is 74.6 cm³/mol. The summed E-state index contributed by atoms with van der Waals surface area (Å²) in [6.07, 6.45) is 3.59. The summed E-state index contributed by atoms with van der Waals surface area (Å²) >= 11 is 0. The van der Waals surface area contributed by atoms with Gasteiger partial charge in [-0.15, -0.1) is 0 Å². The zero-order valence-electron chi connectivity index (χ0n) is 11.2. The third-order valence-electron chi connectivity index (χ3n) is 3.17. The second-order valence-electron chi connectivity index (χ2n) is 4.57. The lowest BCUT2D eigenvalue weighted by atomic mass is 10.1. The number of aryl methyl sites for hydroxylation is 2. The van der Waals surface area contributed by atoms with Gasteiger partial charge in [-0.2, -0.15) is 5.10 Å². The summed E-state index contributed by atoms with van der Waals surface area (Å²) in [5.41, 5.74) is 2.55. The van der Waals surface area contributed by atoms with Crippen molar-refractivity contribution in [1.82, 2.24) is 24.6 Å². The minimum Gasteiger partial charge on any atom is -0.366 e. The third kappa shape index (κ3) is 2.13. The Morgan fingerprint density at radius 2 is 2.25 bits per heavy atom. The number of aromatic nitrogens is 5. The Hall–Kier alpha value is -2.70. The highest BCUT2D eigenvalue weighted by molar-refractivity contribution is 5.50. The standard InChI is InChI=1S/C13H14N6O/c1-8-6-14-4-3-10(8)7-15-11-5-12-17-18-13(20)19(12)9(2)16-11/h3-6,15H,7H2,1-2H3,(H,18,20). The van der Waals surface area contributed by atoms with Gasteiger partial charge in [0.05, 0.1) is 0 Å². The van der Waals surface area contributed by atoms with Gasteiger partial charge in [0.2, 0.25) is 0 Å². The molecule has 0 saturated heterocycles. The van der Waals surface area contributed by atoms with Crippen molar-refractivity contribution in [3.8, 4) is 0 Å². The number of nitrogens with one attached hydrogen (secondary N) is 2. The van der Waals surface area contributed by atoms with Crippen molar-refractivity contribution >= 4 is 11.5 Å². The van der Waals surface area contributed by atoms with Crippen molar-refractivity contribution in [2.45, 2.75) is 20.4 Å². The number of anilines is 1. The molecule has 3 heterocycles. The summed E-state index contributed by atoms with van der Waals surface area (Å²) in [7, 11) is 0. The molecule has 0 fully saturated rings. The number of hydrogen-bond acceptors (Lipinski definition) is 5. The molecule has 2 N–H and O–H groups in total. The first kappa shape index (κ1) is 12.3. The summed E-state index contributed by atoms with van der Waals surface area (Å²) in [6.45, 7) is 4.43. The van der Waals surface area contributed by atoms with Crippen molar-refractivity contribution in [2.24, 2.45) is 0 Å². The van der Waals surface area contributed by atoms with E-state index in [9.17, 15) is 4.79 Å². The highest BCUT2D eigenvalue weighted by atomic mass is 16.1. The molecular formula is C13H14N6O. The number of fused-ring (bicyclic) bond motifs is 1. The molecular weight excluding hydrogens is 256 g/mol. The van der Waals surface area contributed by atoms with Gasteiger partial charge in [-0.3, -0.25) is 4.98 Å². The number of aromatic amines is 1. The molecule has 3 aromatic heterocycles. The maximum atomic E-state index is 11.5. The van der Waals surface area contributed by atoms with Crippen molar-refractivity contribution in [2.75, 3.05) is 5.32 Å². The summed E-state index contributed by atoms with van der Waals surface area (Å²) in [5.74, 6) is 1.28. The number of rotatable bonds is 3. The van der Waals surface area contributed by atoms with E-state index in [2.05, 4.69) is 25.5 Å². The summed E-state index contributed by atoms with van der Waals surface area (Å²) in [4.78, 5) is 19.9. The van der Waals surface area contributed by atoms with Crippen LogP contribution in [0.15, 0.2) is 29.3 Å². The zero-order chi connectivity index (χ0) is 14.1. The molecule has 0 atom stereocenters. The van der Waals surface area contributed by atoms with Crippen LogP contribution in [-0.2, 0) is 6.54 Å². The predicted octanol–water partition coefficient (Wildman–Crippen LogP) is 1.04. The first-order valence-corrected chi connectivity index (χ1v) is 6.23. The summed E-state index contributed by atoms with van der Waals surface area (Å²) in [6, 6.07) is 3.70. The van der Waals surface area contributed by atoms with Crippen LogP contribution < -0.4 is 11.0 Å². The van der Waals surface area contributed by atoms with Gasteiger partial charge in [0.1, 0.15) is 11.6 Å². The second-order valence-corrected chi connectivity index (χ2v) is 4.57. The number of pyridine rings is 1. The number of hydrogen-bond donors (Lipinski definition) is 2. The van der Waals surface area contributed by atoms with Gasteiger partial charge in [-0.1, -0.05) is 0 Å². The van der Waals surface area contributed by atoms with Gasteiger partial charge < -0.3 is 5.32 Å². The Morgan fingerprint density at radius 3 is 3.05 bits per heavy atom. The summed E-state index contributed by atoms with van der Waals surface area (Å²) in [5, 5.41) is 9.59. The monoisotopic (exact) mass is 270 g/mol. The quantitative estimate of drug-likeness (QED) is 0.742. The van der Waals surface area contributed by atoms with E-state index >= 15 is 0 Å². The molecule has 0 radical (unpaired) electrons. The Labute approximate surface area is 114 Å². The largest absolute Gasteiger partial charge is 0.366 e. The van der Waals surface area contributed by atoms with Crippen LogP contribution in [0.25, 0.3) is 5.65 Å². The van der Waals surface area contributed by atoms with Crippen LogP contribution in [0.4, 0.5) is 5.82 Å². The van der Waals surface area contributed by atoms with E-state index in [4.69, 9.17) is 0 Å². The highest BCUT2D eigenvalue weighted by Crippen LogP contribution is 2.11. The fourth-order valence-electron chi connectivity index (χ4n) is 2.07. The van der Waals surface area contributed by atoms with E-state index in [1.165, 1.54) is 4.40 Å². The molecule has 102 valence electrons. The van der Waals surface area contributed by atoms with Gasteiger partial charge >= 0.3 is 5.69 Å². The molecule has 0 aliphatic heterocycles. The van der Waals surface area contributed by atoms with Crippen LogP contribution in [0.1, 0.15) is 17.0 Å². The lowest BCUT2D eigenvalue weighted by Crippen LogP contribution is -2.14. The minimum absolute atomic E-state index is 0.276. The average Bonchev–Trinajstić information content (AvgIpc) is 2.80. The topological polar surface area (TPSA) is 88.0 Å². The molecule has 0 spiro atoms. The van der Waals surface area contributed by atoms with E-state index in [1.54, 1.807) is 19.2 Å². The Balaban J connectivity index is 1.88. The van der Waals surface area contributed by atoms with Crippen molar-refractivity contribution in [3.05, 3.63) is 52.0 Å². The van der Waals surface area contributed by atoms with Gasteiger partial charge in [-0.05, 0) is 31.0 Å². The maximum Gasteiger partial charge on any atom is 0.349 e. The molecule has 0 aliphatic rings. The Morgan fingerprint density at radius 1 is 1.40 bits per heavy atom. The van der Waals surface area contributed by atoms with Crippen LogP contribution in [0.5, 0.6) is 0 Å². The molecule has 0 aromatic carbocycles. The molecule has 7 nitrogen and oxygen atoms in total. The van der Waals surface area contributed by atoms with Crippen LogP contribution in [0, 0.1) is 13.8 Å². The minimum atomic E-state index is -0.276. The molecule has 0 amide bonds. The highest BCUT2D eigenvalue weighted by Gasteiger charge is 2.07. The van der Waals surface area contributed by atoms with Crippen molar-refractivity contribution in [3.63, 3.8) is 0 Å². The molecule has 3 rings (SSSR count). The van der Waals surface area contributed by atoms with Gasteiger partial charge in [0.25, 0.3) is 0 Å². The van der Waals surface area contributed by atoms with Crippen molar-refractivity contribution in [1.29, 1.82) is 0 Å². The Bertz CT molecular complexity index is 819. The smallest absolute Gasteiger partial charge is 0.349 e. The fourth-order valence-corrected chi connectivity index (χ4v) is 2.07. The van der Waals surface area contributed by atoms with E-state index in [-0.39, 0.29) is 5.69 Å². The SMILES string of the molecule is Cc1cnccc1CNc1cc2n[nH]c(=O)n2c(C)n1. The average molecular weight is 270 g/mol.